The quantitative estimate of drug-likeness (QED) is 0.318. The first-order valence-corrected chi connectivity index (χ1v) is 13.8. The molecule has 8 heteroatoms. The van der Waals surface area contributed by atoms with Crippen molar-refractivity contribution in [3.05, 3.63) is 94.5 Å². The third-order valence-corrected chi connectivity index (χ3v) is 7.58. The number of hydrogen-bond donors (Lipinski definition) is 1. The van der Waals surface area contributed by atoms with E-state index in [1.165, 1.54) is 0 Å². The van der Waals surface area contributed by atoms with E-state index in [2.05, 4.69) is 37.4 Å². The zero-order chi connectivity index (χ0) is 27.4. The third kappa shape index (κ3) is 6.77. The van der Waals surface area contributed by atoms with Gasteiger partial charge in [0, 0.05) is 18.7 Å². The summed E-state index contributed by atoms with van der Waals surface area (Å²) in [6, 6.07) is 21.3. The number of imide groups is 1. The van der Waals surface area contributed by atoms with Crippen LogP contribution in [-0.4, -0.2) is 53.5 Å². The standard InChI is InChI=1S/C31H30N2O5S/c1-20-15-21(2)17-23(16-20)18-27(30(35)33-11-13-37-14-12-33)24-5-9-26(10-6-24)38-25-7-3-22(4-8-25)19-28-29(34)32-31(36)39-28/h3-10,15-18,28H,11-14,19H2,1-2H3,(H,32,34,36)/b27-18+. The molecule has 2 aliphatic rings. The Morgan fingerprint density at radius 3 is 2.18 bits per heavy atom. The fourth-order valence-electron chi connectivity index (χ4n) is 4.74. The van der Waals surface area contributed by atoms with Crippen LogP contribution in [-0.2, 0) is 20.7 Å². The van der Waals surface area contributed by atoms with Crippen LogP contribution < -0.4 is 10.1 Å². The smallest absolute Gasteiger partial charge is 0.286 e. The lowest BCUT2D eigenvalue weighted by Gasteiger charge is -2.28. The average Bonchev–Trinajstić information content (AvgIpc) is 3.24. The fraction of sp³-hybridized carbons (Fsp3) is 0.258. The minimum atomic E-state index is -0.400. The SMILES string of the molecule is Cc1cc(C)cc(/C=C(/C(=O)N2CCOCC2)c2ccc(Oc3ccc(CC4SC(=O)NC4=O)cc3)cc2)c1. The van der Waals surface area contributed by atoms with Gasteiger partial charge in [0.15, 0.2) is 0 Å². The highest BCUT2D eigenvalue weighted by molar-refractivity contribution is 8.15. The predicted molar refractivity (Wildman–Crippen MR) is 153 cm³/mol. The lowest BCUT2D eigenvalue weighted by atomic mass is 9.99. The molecule has 2 heterocycles. The molecule has 3 aromatic carbocycles. The van der Waals surface area contributed by atoms with Gasteiger partial charge in [0.2, 0.25) is 5.91 Å². The van der Waals surface area contributed by atoms with E-state index in [-0.39, 0.29) is 17.1 Å². The monoisotopic (exact) mass is 542 g/mol. The summed E-state index contributed by atoms with van der Waals surface area (Å²) in [6.07, 6.45) is 2.44. The Morgan fingerprint density at radius 2 is 1.59 bits per heavy atom. The highest BCUT2D eigenvalue weighted by Gasteiger charge is 2.31. The van der Waals surface area contributed by atoms with Crippen LogP contribution in [0.1, 0.15) is 27.8 Å². The van der Waals surface area contributed by atoms with Gasteiger partial charge in [0.1, 0.15) is 11.5 Å². The summed E-state index contributed by atoms with van der Waals surface area (Å²) in [5.74, 6) is 1.04. The van der Waals surface area contributed by atoms with Crippen molar-refractivity contribution in [3.63, 3.8) is 0 Å². The summed E-state index contributed by atoms with van der Waals surface area (Å²) < 4.78 is 11.5. The number of carbonyl (C=O) groups excluding carboxylic acids is 3. The molecule has 0 aromatic heterocycles. The molecule has 0 spiro atoms. The van der Waals surface area contributed by atoms with Gasteiger partial charge in [-0.1, -0.05) is 65.4 Å². The number of nitrogens with zero attached hydrogens (tertiary/aromatic N) is 1. The molecule has 3 aromatic rings. The first-order valence-electron chi connectivity index (χ1n) is 12.9. The zero-order valence-corrected chi connectivity index (χ0v) is 22.8. The van der Waals surface area contributed by atoms with Crippen molar-refractivity contribution in [2.24, 2.45) is 0 Å². The molecule has 0 saturated carbocycles. The molecule has 0 radical (unpaired) electrons. The van der Waals surface area contributed by atoms with Crippen LogP contribution in [0.25, 0.3) is 11.6 Å². The highest BCUT2D eigenvalue weighted by atomic mass is 32.2. The van der Waals surface area contributed by atoms with E-state index >= 15 is 0 Å². The van der Waals surface area contributed by atoms with Gasteiger partial charge in [0.05, 0.1) is 18.5 Å². The Hall–Kier alpha value is -3.88. The first-order chi connectivity index (χ1) is 18.8. The number of thioether (sulfide) groups is 1. The molecule has 1 unspecified atom stereocenters. The molecule has 39 heavy (non-hydrogen) atoms. The van der Waals surface area contributed by atoms with Crippen molar-refractivity contribution in [3.8, 4) is 11.5 Å². The predicted octanol–water partition coefficient (Wildman–Crippen LogP) is 5.39. The van der Waals surface area contributed by atoms with E-state index in [0.717, 1.165) is 39.6 Å². The van der Waals surface area contributed by atoms with Crippen LogP contribution in [0.5, 0.6) is 11.5 Å². The number of amides is 3. The van der Waals surface area contributed by atoms with E-state index in [1.54, 1.807) is 0 Å². The van der Waals surface area contributed by atoms with Gasteiger partial charge in [-0.05, 0) is 67.3 Å². The maximum atomic E-state index is 13.6. The van der Waals surface area contributed by atoms with Crippen molar-refractivity contribution < 1.29 is 23.9 Å². The Balaban J connectivity index is 1.32. The molecule has 2 aliphatic heterocycles. The Labute approximate surface area is 232 Å². The number of hydrogen-bond acceptors (Lipinski definition) is 6. The maximum absolute atomic E-state index is 13.6. The molecule has 0 aliphatic carbocycles. The lowest BCUT2D eigenvalue weighted by Crippen LogP contribution is -2.41. The fourth-order valence-corrected chi connectivity index (χ4v) is 5.60. The molecule has 2 saturated heterocycles. The number of ether oxygens (including phenoxy) is 2. The Kier molecular flexibility index (Phi) is 8.14. The number of carbonyl (C=O) groups is 3. The second-order valence-electron chi connectivity index (χ2n) is 9.74. The van der Waals surface area contributed by atoms with Crippen LogP contribution in [0.4, 0.5) is 4.79 Å². The van der Waals surface area contributed by atoms with Gasteiger partial charge < -0.3 is 14.4 Å². The van der Waals surface area contributed by atoms with E-state index in [4.69, 9.17) is 9.47 Å². The average molecular weight is 543 g/mol. The van der Waals surface area contributed by atoms with Gasteiger partial charge >= 0.3 is 0 Å². The van der Waals surface area contributed by atoms with Crippen LogP contribution in [0, 0.1) is 13.8 Å². The van der Waals surface area contributed by atoms with Crippen LogP contribution in [0.2, 0.25) is 0 Å². The van der Waals surface area contributed by atoms with Crippen LogP contribution in [0.3, 0.4) is 0 Å². The zero-order valence-electron chi connectivity index (χ0n) is 21.9. The summed E-state index contributed by atoms with van der Waals surface area (Å²) in [6.45, 7) is 6.33. The van der Waals surface area contributed by atoms with Gasteiger partial charge in [-0.25, -0.2) is 0 Å². The molecule has 5 rings (SSSR count). The molecule has 1 atom stereocenters. The summed E-state index contributed by atoms with van der Waals surface area (Å²) in [4.78, 5) is 38.6. The van der Waals surface area contributed by atoms with Crippen molar-refractivity contribution in [1.82, 2.24) is 10.2 Å². The molecule has 1 N–H and O–H groups in total. The molecule has 0 bridgehead atoms. The lowest BCUT2D eigenvalue weighted by molar-refractivity contribution is -0.128. The Morgan fingerprint density at radius 1 is 0.974 bits per heavy atom. The second kappa shape index (κ2) is 11.9. The van der Waals surface area contributed by atoms with Gasteiger partial charge in [-0.2, -0.15) is 0 Å². The summed E-state index contributed by atoms with van der Waals surface area (Å²) in [5, 5.41) is 1.62. The number of morpholine rings is 1. The molecular weight excluding hydrogens is 512 g/mol. The molecule has 200 valence electrons. The molecule has 2 fully saturated rings. The number of nitrogens with one attached hydrogen (secondary N) is 1. The van der Waals surface area contributed by atoms with Crippen LogP contribution in [0.15, 0.2) is 66.7 Å². The van der Waals surface area contributed by atoms with Crippen LogP contribution >= 0.6 is 11.8 Å². The largest absolute Gasteiger partial charge is 0.457 e. The second-order valence-corrected chi connectivity index (χ2v) is 10.9. The topological polar surface area (TPSA) is 84.9 Å². The summed E-state index contributed by atoms with van der Waals surface area (Å²) >= 11 is 1.02. The van der Waals surface area contributed by atoms with E-state index in [0.29, 0.717) is 49.8 Å². The highest BCUT2D eigenvalue weighted by Crippen LogP contribution is 2.28. The summed E-state index contributed by atoms with van der Waals surface area (Å²) in [5.41, 5.74) is 5.67. The van der Waals surface area contributed by atoms with Crippen molar-refractivity contribution in [2.75, 3.05) is 26.3 Å². The summed E-state index contributed by atoms with van der Waals surface area (Å²) in [7, 11) is 0. The van der Waals surface area contributed by atoms with Crippen molar-refractivity contribution >= 4 is 40.5 Å². The van der Waals surface area contributed by atoms with E-state index in [9.17, 15) is 14.4 Å². The number of benzene rings is 3. The van der Waals surface area contributed by atoms with E-state index < -0.39 is 5.25 Å². The normalized spacial score (nSPS) is 17.7. The maximum Gasteiger partial charge on any atom is 0.286 e. The molecule has 7 nitrogen and oxygen atoms in total. The Bertz CT molecular complexity index is 1390. The molecule has 3 amide bonds. The van der Waals surface area contributed by atoms with E-state index in [1.807, 2.05) is 59.5 Å². The number of rotatable bonds is 7. The minimum Gasteiger partial charge on any atom is -0.457 e. The minimum absolute atomic E-state index is 0.0162. The first kappa shape index (κ1) is 26.7. The third-order valence-electron chi connectivity index (χ3n) is 6.60. The number of aryl methyl sites for hydroxylation is 2. The van der Waals surface area contributed by atoms with Gasteiger partial charge in [0.25, 0.3) is 11.1 Å². The van der Waals surface area contributed by atoms with Gasteiger partial charge in [-0.15, -0.1) is 0 Å². The van der Waals surface area contributed by atoms with Gasteiger partial charge in [-0.3, -0.25) is 19.7 Å². The van der Waals surface area contributed by atoms with Crippen molar-refractivity contribution in [1.29, 1.82) is 0 Å². The molecular formula is C31H30N2O5S. The van der Waals surface area contributed by atoms with Crippen molar-refractivity contribution in [2.45, 2.75) is 25.5 Å².